The molecule has 2 aromatic carbocycles. The van der Waals surface area contributed by atoms with Crippen LogP contribution < -0.4 is 0 Å². The van der Waals surface area contributed by atoms with Crippen molar-refractivity contribution in [1.82, 2.24) is 4.90 Å². The Morgan fingerprint density at radius 2 is 1.52 bits per heavy atom. The van der Waals surface area contributed by atoms with E-state index < -0.39 is 0 Å². The van der Waals surface area contributed by atoms with Crippen LogP contribution in [0.4, 0.5) is 0 Å². The molecule has 0 radical (unpaired) electrons. The summed E-state index contributed by atoms with van der Waals surface area (Å²) in [5, 5.41) is 0. The minimum Gasteiger partial charge on any atom is -0.325 e. The first-order chi connectivity index (χ1) is 13.2. The Morgan fingerprint density at radius 3 is 2.11 bits per heavy atom. The molecule has 0 unspecified atom stereocenters. The Hall–Kier alpha value is -2.35. The van der Waals surface area contributed by atoms with Crippen LogP contribution in [-0.2, 0) is 4.79 Å². The fraction of sp³-hybridized carbons (Fsp3) is 0.400. The summed E-state index contributed by atoms with van der Waals surface area (Å²) in [6.07, 6.45) is 4.96. The van der Waals surface area contributed by atoms with Crippen molar-refractivity contribution >= 4 is 5.91 Å². The second kappa shape index (κ2) is 9.03. The maximum atomic E-state index is 13.7. The molecule has 0 spiro atoms. The molecule has 0 bridgehead atoms. The first kappa shape index (κ1) is 19.4. The summed E-state index contributed by atoms with van der Waals surface area (Å²) in [5.74, 6) is 0.233. The lowest BCUT2D eigenvalue weighted by molar-refractivity contribution is -0.133. The van der Waals surface area contributed by atoms with E-state index in [2.05, 4.69) is 74.2 Å². The first-order valence-corrected chi connectivity index (χ1v) is 10.3. The van der Waals surface area contributed by atoms with E-state index in [1.165, 1.54) is 16.7 Å². The Kier molecular flexibility index (Phi) is 6.49. The number of rotatable bonds is 7. The topological polar surface area (TPSA) is 20.3 Å². The zero-order valence-corrected chi connectivity index (χ0v) is 16.8. The molecule has 0 aromatic heterocycles. The summed E-state index contributed by atoms with van der Waals surface area (Å²) >= 11 is 0. The van der Waals surface area contributed by atoms with Crippen molar-refractivity contribution in [2.24, 2.45) is 0 Å². The van der Waals surface area contributed by atoms with E-state index in [1.807, 2.05) is 12.1 Å². The van der Waals surface area contributed by atoms with E-state index >= 15 is 0 Å². The second-order valence-electron chi connectivity index (χ2n) is 7.51. The number of hydrogen-bond acceptors (Lipinski definition) is 1. The molecule has 0 saturated carbocycles. The number of amides is 1. The smallest absolute Gasteiger partial charge is 0.250 e. The minimum absolute atomic E-state index is 0.0546. The van der Waals surface area contributed by atoms with Gasteiger partial charge in [0, 0.05) is 5.57 Å². The van der Waals surface area contributed by atoms with Gasteiger partial charge in [0.1, 0.15) is 0 Å². The van der Waals surface area contributed by atoms with Crippen LogP contribution in [0.2, 0.25) is 0 Å². The normalized spacial score (nSPS) is 18.7. The van der Waals surface area contributed by atoms with Crippen LogP contribution in [0, 0.1) is 0 Å². The minimum atomic E-state index is 0.0546. The molecule has 2 heteroatoms. The van der Waals surface area contributed by atoms with Crippen molar-refractivity contribution < 1.29 is 4.79 Å². The summed E-state index contributed by atoms with van der Waals surface area (Å²) < 4.78 is 0. The highest BCUT2D eigenvalue weighted by Gasteiger charge is 2.37. The predicted octanol–water partition coefficient (Wildman–Crippen LogP) is 6.62. The highest BCUT2D eigenvalue weighted by molar-refractivity contribution is 5.96. The number of nitrogens with zero attached hydrogens (tertiary/aromatic N) is 1. The van der Waals surface area contributed by atoms with E-state index in [9.17, 15) is 4.79 Å². The maximum Gasteiger partial charge on any atom is 0.250 e. The molecular weight excluding hydrogens is 330 g/mol. The standard InChI is InChI=1S/C25H31NO/c1-4-12-22-18-24(21-16-10-7-11-17-21)26(25(27)23(22)13-5-2)19(3)20-14-8-6-9-15-20/h6-11,14-17,19,24H,4-5,12-13,18H2,1-3H3/t19-,24-/m1/s1. The lowest BCUT2D eigenvalue weighted by Crippen LogP contribution is -2.41. The quantitative estimate of drug-likeness (QED) is 0.543. The second-order valence-corrected chi connectivity index (χ2v) is 7.51. The predicted molar refractivity (Wildman–Crippen MR) is 112 cm³/mol. The molecule has 3 rings (SSSR count). The molecular formula is C25H31NO. The molecule has 2 aromatic rings. The zero-order valence-electron chi connectivity index (χ0n) is 16.8. The maximum absolute atomic E-state index is 13.7. The fourth-order valence-electron chi connectivity index (χ4n) is 4.28. The van der Waals surface area contributed by atoms with Gasteiger partial charge in [-0.15, -0.1) is 0 Å². The van der Waals surface area contributed by atoms with Crippen LogP contribution in [0.25, 0.3) is 0 Å². The molecule has 142 valence electrons. The van der Waals surface area contributed by atoms with Gasteiger partial charge >= 0.3 is 0 Å². The van der Waals surface area contributed by atoms with Crippen molar-refractivity contribution in [3.8, 4) is 0 Å². The summed E-state index contributed by atoms with van der Waals surface area (Å²) in [7, 11) is 0. The van der Waals surface area contributed by atoms with Crippen LogP contribution in [0.3, 0.4) is 0 Å². The van der Waals surface area contributed by atoms with Gasteiger partial charge in [0.25, 0.3) is 5.91 Å². The Labute approximate surface area is 163 Å². The van der Waals surface area contributed by atoms with Crippen LogP contribution in [0.5, 0.6) is 0 Å². The summed E-state index contributed by atoms with van der Waals surface area (Å²) in [6.45, 7) is 6.53. The summed E-state index contributed by atoms with van der Waals surface area (Å²) in [6, 6.07) is 21.1. The van der Waals surface area contributed by atoms with E-state index in [1.54, 1.807) is 0 Å². The van der Waals surface area contributed by atoms with Gasteiger partial charge in [0.15, 0.2) is 0 Å². The Balaban J connectivity index is 2.07. The van der Waals surface area contributed by atoms with Crippen LogP contribution >= 0.6 is 0 Å². The molecule has 2 nitrogen and oxygen atoms in total. The van der Waals surface area contributed by atoms with Crippen molar-refractivity contribution in [3.05, 3.63) is 82.9 Å². The van der Waals surface area contributed by atoms with Gasteiger partial charge in [-0.1, -0.05) is 92.9 Å². The molecule has 0 aliphatic carbocycles. The van der Waals surface area contributed by atoms with Crippen LogP contribution in [0.15, 0.2) is 71.8 Å². The average Bonchev–Trinajstić information content (AvgIpc) is 2.71. The van der Waals surface area contributed by atoms with Gasteiger partial charge in [-0.2, -0.15) is 0 Å². The van der Waals surface area contributed by atoms with Crippen molar-refractivity contribution in [1.29, 1.82) is 0 Å². The molecule has 1 heterocycles. The number of hydrogen-bond donors (Lipinski definition) is 0. The highest BCUT2D eigenvalue weighted by atomic mass is 16.2. The van der Waals surface area contributed by atoms with Gasteiger partial charge in [0.05, 0.1) is 12.1 Å². The molecule has 1 aliphatic heterocycles. The Morgan fingerprint density at radius 1 is 0.926 bits per heavy atom. The number of carbonyl (C=O) groups is 1. The molecule has 0 N–H and O–H groups in total. The summed E-state index contributed by atoms with van der Waals surface area (Å²) in [4.78, 5) is 15.8. The fourth-order valence-corrected chi connectivity index (χ4v) is 4.28. The molecule has 27 heavy (non-hydrogen) atoms. The molecule has 1 amide bonds. The average molecular weight is 362 g/mol. The van der Waals surface area contributed by atoms with Crippen LogP contribution in [-0.4, -0.2) is 10.8 Å². The van der Waals surface area contributed by atoms with E-state index in [0.717, 1.165) is 37.7 Å². The van der Waals surface area contributed by atoms with Gasteiger partial charge in [0.2, 0.25) is 0 Å². The summed E-state index contributed by atoms with van der Waals surface area (Å²) in [5.41, 5.74) is 4.86. The molecule has 0 saturated heterocycles. The molecule has 2 atom stereocenters. The van der Waals surface area contributed by atoms with Gasteiger partial charge in [-0.3, -0.25) is 4.79 Å². The third-order valence-corrected chi connectivity index (χ3v) is 5.63. The van der Waals surface area contributed by atoms with E-state index in [-0.39, 0.29) is 18.0 Å². The Bertz CT molecular complexity index is 778. The third-order valence-electron chi connectivity index (χ3n) is 5.63. The largest absolute Gasteiger partial charge is 0.325 e. The van der Waals surface area contributed by atoms with Crippen LogP contribution in [0.1, 0.15) is 76.1 Å². The number of carbonyl (C=O) groups excluding carboxylic acids is 1. The van der Waals surface area contributed by atoms with E-state index in [4.69, 9.17) is 0 Å². The monoisotopic (exact) mass is 361 g/mol. The van der Waals surface area contributed by atoms with Crippen molar-refractivity contribution in [2.75, 3.05) is 0 Å². The zero-order chi connectivity index (χ0) is 19.2. The first-order valence-electron chi connectivity index (χ1n) is 10.3. The lowest BCUT2D eigenvalue weighted by atomic mass is 9.84. The SMILES string of the molecule is CCCC1=C(CCC)C(=O)N([C@H](C)c2ccccc2)[C@@H](c2ccccc2)C1. The third kappa shape index (κ3) is 4.16. The van der Waals surface area contributed by atoms with Crippen molar-refractivity contribution in [3.63, 3.8) is 0 Å². The van der Waals surface area contributed by atoms with Gasteiger partial charge < -0.3 is 4.90 Å². The lowest BCUT2D eigenvalue weighted by Gasteiger charge is -2.42. The molecule has 0 fully saturated rings. The van der Waals surface area contributed by atoms with Gasteiger partial charge in [-0.25, -0.2) is 0 Å². The van der Waals surface area contributed by atoms with Gasteiger partial charge in [-0.05, 0) is 37.3 Å². The molecule has 1 aliphatic rings. The van der Waals surface area contributed by atoms with Crippen molar-refractivity contribution in [2.45, 2.75) is 65.0 Å². The highest BCUT2D eigenvalue weighted by Crippen LogP contribution is 2.42. The van der Waals surface area contributed by atoms with E-state index in [0.29, 0.717) is 0 Å². The number of benzene rings is 2.